The van der Waals surface area contributed by atoms with E-state index in [1.54, 1.807) is 6.08 Å². The van der Waals surface area contributed by atoms with Crippen molar-refractivity contribution < 1.29 is 9.53 Å². The van der Waals surface area contributed by atoms with Gasteiger partial charge in [-0.25, -0.2) is 0 Å². The standard InChI is InChI=1S/C18H28Cl2O2/c1-10(2)12-7-6-11(3)8-14(12)22-17(21)16-13(9-15(19)20)18(16,4)5/h9-14,16H,6-8H2,1-5H3/t11-,12+,13-,14-,16+/m1/s1. The van der Waals surface area contributed by atoms with Gasteiger partial charge in [0.15, 0.2) is 0 Å². The van der Waals surface area contributed by atoms with Crippen LogP contribution < -0.4 is 0 Å². The Morgan fingerprint density at radius 2 is 1.91 bits per heavy atom. The second kappa shape index (κ2) is 6.73. The Balaban J connectivity index is 2.03. The fourth-order valence-electron chi connectivity index (χ4n) is 4.05. The number of rotatable bonds is 4. The highest BCUT2D eigenvalue weighted by Gasteiger charge is 2.62. The third kappa shape index (κ3) is 3.82. The van der Waals surface area contributed by atoms with E-state index in [0.717, 1.165) is 12.8 Å². The zero-order chi connectivity index (χ0) is 16.7. The van der Waals surface area contributed by atoms with Gasteiger partial charge in [0.25, 0.3) is 0 Å². The molecule has 126 valence electrons. The molecular formula is C18H28Cl2O2. The minimum Gasteiger partial charge on any atom is -0.462 e. The van der Waals surface area contributed by atoms with E-state index in [2.05, 4.69) is 34.6 Å². The van der Waals surface area contributed by atoms with E-state index in [1.807, 2.05) is 0 Å². The lowest BCUT2D eigenvalue weighted by molar-refractivity contribution is -0.158. The van der Waals surface area contributed by atoms with Crippen LogP contribution in [0.25, 0.3) is 0 Å². The quantitative estimate of drug-likeness (QED) is 0.621. The fourth-order valence-corrected chi connectivity index (χ4v) is 4.32. The van der Waals surface area contributed by atoms with Gasteiger partial charge in [-0.15, -0.1) is 0 Å². The van der Waals surface area contributed by atoms with Crippen LogP contribution in [0.1, 0.15) is 53.9 Å². The molecule has 0 bridgehead atoms. The number of carbonyl (C=O) groups is 1. The second-order valence-electron chi connectivity index (χ2n) is 8.08. The van der Waals surface area contributed by atoms with Gasteiger partial charge in [-0.3, -0.25) is 4.79 Å². The van der Waals surface area contributed by atoms with Gasteiger partial charge in [0.05, 0.1) is 5.92 Å². The zero-order valence-electron chi connectivity index (χ0n) is 14.2. The summed E-state index contributed by atoms with van der Waals surface area (Å²) in [5.41, 5.74) is -0.111. The van der Waals surface area contributed by atoms with E-state index in [1.165, 1.54) is 6.42 Å². The molecule has 0 spiro atoms. The first kappa shape index (κ1) is 18.1. The Morgan fingerprint density at radius 1 is 1.27 bits per heavy atom. The van der Waals surface area contributed by atoms with Crippen LogP contribution in [-0.2, 0) is 9.53 Å². The Hall–Kier alpha value is -0.210. The van der Waals surface area contributed by atoms with E-state index in [9.17, 15) is 4.79 Å². The molecule has 0 aromatic rings. The molecule has 2 nitrogen and oxygen atoms in total. The molecule has 2 saturated carbocycles. The molecule has 0 aromatic heterocycles. The predicted molar refractivity (Wildman–Crippen MR) is 91.8 cm³/mol. The molecule has 22 heavy (non-hydrogen) atoms. The molecule has 0 saturated heterocycles. The van der Waals surface area contributed by atoms with Gasteiger partial charge >= 0.3 is 5.97 Å². The van der Waals surface area contributed by atoms with Gasteiger partial charge in [-0.1, -0.05) is 64.2 Å². The van der Waals surface area contributed by atoms with Crippen LogP contribution in [-0.4, -0.2) is 12.1 Å². The van der Waals surface area contributed by atoms with E-state index < -0.39 is 0 Å². The van der Waals surface area contributed by atoms with E-state index in [-0.39, 0.29) is 33.8 Å². The first-order valence-electron chi connectivity index (χ1n) is 8.37. The van der Waals surface area contributed by atoms with Crippen LogP contribution in [0.15, 0.2) is 10.6 Å². The number of carbonyl (C=O) groups excluding carboxylic acids is 1. The fraction of sp³-hybridized carbons (Fsp3) is 0.833. The Kier molecular flexibility index (Phi) is 5.54. The van der Waals surface area contributed by atoms with Crippen molar-refractivity contribution in [3.63, 3.8) is 0 Å². The average molecular weight is 347 g/mol. The molecule has 2 fully saturated rings. The molecule has 2 aliphatic rings. The highest BCUT2D eigenvalue weighted by atomic mass is 35.5. The highest BCUT2D eigenvalue weighted by molar-refractivity contribution is 6.55. The van der Waals surface area contributed by atoms with Crippen molar-refractivity contribution >= 4 is 29.2 Å². The summed E-state index contributed by atoms with van der Waals surface area (Å²) in [5, 5.41) is 0. The van der Waals surface area contributed by atoms with Crippen LogP contribution in [0, 0.1) is 35.0 Å². The average Bonchev–Trinajstić information content (AvgIpc) is 2.89. The van der Waals surface area contributed by atoms with E-state index >= 15 is 0 Å². The number of allylic oxidation sites excluding steroid dienone is 1. The lowest BCUT2D eigenvalue weighted by atomic mass is 9.75. The van der Waals surface area contributed by atoms with E-state index in [0.29, 0.717) is 17.8 Å². The molecule has 2 rings (SSSR count). The number of hydrogen-bond acceptors (Lipinski definition) is 2. The minimum absolute atomic E-state index is 0.0590. The van der Waals surface area contributed by atoms with Crippen molar-refractivity contribution in [3.8, 4) is 0 Å². The third-order valence-corrected chi connectivity index (χ3v) is 5.95. The maximum atomic E-state index is 12.6. The SMILES string of the molecule is CC(C)[C@@H]1CC[C@@H](C)C[C@H]1OC(=O)[C@@H]1[C@@H](C=C(Cl)Cl)C1(C)C. The zero-order valence-corrected chi connectivity index (χ0v) is 15.7. The molecule has 5 atom stereocenters. The summed E-state index contributed by atoms with van der Waals surface area (Å²) < 4.78 is 6.19. The number of ether oxygens (including phenoxy) is 1. The van der Waals surface area contributed by atoms with Crippen LogP contribution in [0.2, 0.25) is 0 Å². The van der Waals surface area contributed by atoms with Crippen molar-refractivity contribution in [2.24, 2.45) is 35.0 Å². The lowest BCUT2D eigenvalue weighted by Gasteiger charge is -2.36. The van der Waals surface area contributed by atoms with E-state index in [4.69, 9.17) is 27.9 Å². The topological polar surface area (TPSA) is 26.3 Å². The van der Waals surface area contributed by atoms with Crippen molar-refractivity contribution in [1.82, 2.24) is 0 Å². The number of halogens is 2. The maximum absolute atomic E-state index is 12.6. The number of hydrogen-bond donors (Lipinski definition) is 0. The Bertz CT molecular complexity index is 452. The van der Waals surface area contributed by atoms with Gasteiger partial charge in [-0.2, -0.15) is 0 Å². The first-order valence-corrected chi connectivity index (χ1v) is 9.13. The van der Waals surface area contributed by atoms with Crippen LogP contribution in [0.3, 0.4) is 0 Å². The normalized spacial score (nSPS) is 36.8. The summed E-state index contributed by atoms with van der Waals surface area (Å²) in [4.78, 5) is 12.6. The van der Waals surface area contributed by atoms with Crippen LogP contribution >= 0.6 is 23.2 Å². The molecule has 0 unspecified atom stereocenters. The van der Waals surface area contributed by atoms with Crippen molar-refractivity contribution in [3.05, 3.63) is 10.6 Å². The molecule has 2 aliphatic carbocycles. The van der Waals surface area contributed by atoms with Gasteiger partial charge in [-0.05, 0) is 48.0 Å². The molecule has 0 heterocycles. The molecule has 0 N–H and O–H groups in total. The van der Waals surface area contributed by atoms with Crippen LogP contribution in [0.5, 0.6) is 0 Å². The smallest absolute Gasteiger partial charge is 0.310 e. The molecule has 0 aliphatic heterocycles. The van der Waals surface area contributed by atoms with Crippen molar-refractivity contribution in [2.45, 2.75) is 60.0 Å². The lowest BCUT2D eigenvalue weighted by Crippen LogP contribution is -2.36. The molecule has 0 radical (unpaired) electrons. The molecule has 0 aromatic carbocycles. The summed E-state index contributed by atoms with van der Waals surface area (Å²) >= 11 is 11.5. The summed E-state index contributed by atoms with van der Waals surface area (Å²) in [6, 6.07) is 0. The first-order chi connectivity index (χ1) is 10.1. The van der Waals surface area contributed by atoms with Gasteiger partial charge in [0.2, 0.25) is 0 Å². The maximum Gasteiger partial charge on any atom is 0.310 e. The largest absolute Gasteiger partial charge is 0.462 e. The summed E-state index contributed by atoms with van der Waals surface area (Å²) in [5.74, 6) is 1.55. The highest BCUT2D eigenvalue weighted by Crippen LogP contribution is 2.60. The second-order valence-corrected chi connectivity index (χ2v) is 9.09. The third-order valence-electron chi connectivity index (χ3n) is 5.70. The van der Waals surface area contributed by atoms with Gasteiger partial charge in [0, 0.05) is 0 Å². The minimum atomic E-state index is -0.120. The summed E-state index contributed by atoms with van der Waals surface area (Å²) in [6.45, 7) is 10.8. The van der Waals surface area contributed by atoms with Gasteiger partial charge < -0.3 is 4.74 Å². The summed E-state index contributed by atoms with van der Waals surface area (Å²) in [7, 11) is 0. The molecular weight excluding hydrogens is 319 g/mol. The van der Waals surface area contributed by atoms with Crippen molar-refractivity contribution in [2.75, 3.05) is 0 Å². The van der Waals surface area contributed by atoms with Crippen LogP contribution in [0.4, 0.5) is 0 Å². The van der Waals surface area contributed by atoms with Crippen molar-refractivity contribution in [1.29, 1.82) is 0 Å². The van der Waals surface area contributed by atoms with Gasteiger partial charge in [0.1, 0.15) is 10.6 Å². The Morgan fingerprint density at radius 3 is 2.45 bits per heavy atom. The number of esters is 1. The predicted octanol–water partition coefficient (Wildman–Crippen LogP) is 5.58. The molecule has 0 amide bonds. The Labute approximate surface area is 144 Å². The molecule has 4 heteroatoms. The monoisotopic (exact) mass is 346 g/mol. The summed E-state index contributed by atoms with van der Waals surface area (Å²) in [6.07, 6.45) is 5.21.